The molecule has 0 amide bonds. The van der Waals surface area contributed by atoms with Gasteiger partial charge in [-0.1, -0.05) is 106 Å². The van der Waals surface area contributed by atoms with Crippen molar-refractivity contribution in [3.05, 3.63) is 83.2 Å². The molecule has 4 heteroatoms. The van der Waals surface area contributed by atoms with E-state index < -0.39 is 0 Å². The van der Waals surface area contributed by atoms with E-state index in [1.807, 2.05) is 39.8 Å². The fraction of sp³-hybridized carbons (Fsp3) is 0.515. The van der Waals surface area contributed by atoms with Gasteiger partial charge in [-0.25, -0.2) is 4.39 Å². The Bertz CT molecular complexity index is 896. The summed E-state index contributed by atoms with van der Waals surface area (Å²) >= 11 is 0. The highest BCUT2D eigenvalue weighted by molar-refractivity contribution is 5.98. The van der Waals surface area contributed by atoms with Gasteiger partial charge < -0.3 is 16.8 Å². The molecule has 0 heterocycles. The minimum absolute atomic E-state index is 0.267. The molecule has 0 aromatic heterocycles. The molecular formula is C33H56FN3. The number of rotatable bonds is 8. The summed E-state index contributed by atoms with van der Waals surface area (Å²) in [5.41, 5.74) is 18.9. The third-order valence-corrected chi connectivity index (χ3v) is 5.92. The number of nitrogens with two attached hydrogens (primary N) is 2. The zero-order chi connectivity index (χ0) is 29.2. The van der Waals surface area contributed by atoms with Crippen molar-refractivity contribution in [2.75, 3.05) is 13.6 Å². The number of nitrogens with one attached hydrogen (secondary N) is 1. The first-order valence-corrected chi connectivity index (χ1v) is 13.9. The molecule has 3 nitrogen and oxygen atoms in total. The molecule has 0 saturated carbocycles. The van der Waals surface area contributed by atoms with Gasteiger partial charge in [-0.3, -0.25) is 0 Å². The molecule has 1 aliphatic carbocycles. The van der Waals surface area contributed by atoms with Crippen molar-refractivity contribution in [3.63, 3.8) is 0 Å². The number of hydrogen-bond donors (Lipinski definition) is 3. The summed E-state index contributed by atoms with van der Waals surface area (Å²) in [6.45, 7) is 27.8. The predicted molar refractivity (Wildman–Crippen MR) is 166 cm³/mol. The first-order chi connectivity index (χ1) is 17.5. The average molecular weight is 514 g/mol. The molecule has 0 unspecified atom stereocenters. The van der Waals surface area contributed by atoms with E-state index in [9.17, 15) is 4.39 Å². The van der Waals surface area contributed by atoms with Gasteiger partial charge in [0.1, 0.15) is 5.82 Å². The lowest BCUT2D eigenvalue weighted by Crippen LogP contribution is -2.16. The highest BCUT2D eigenvalue weighted by atomic mass is 19.1. The normalized spacial score (nSPS) is 10.7. The number of hydrogen-bond acceptors (Lipinski definition) is 3. The Morgan fingerprint density at radius 1 is 1.00 bits per heavy atom. The first kappa shape index (κ1) is 36.7. The van der Waals surface area contributed by atoms with Crippen LogP contribution in [0, 0.1) is 11.2 Å². The SMILES string of the molecule is C=C(NC)c1cc(F)cc(CN)c1C(C)C.C=C1c2ccccc21.CC.CC.CCCC(C)(C)CCN. The summed E-state index contributed by atoms with van der Waals surface area (Å²) in [6.07, 6.45) is 3.72. The smallest absolute Gasteiger partial charge is 0.124 e. The summed E-state index contributed by atoms with van der Waals surface area (Å²) in [4.78, 5) is 0. The van der Waals surface area contributed by atoms with Crippen LogP contribution >= 0.6 is 0 Å². The van der Waals surface area contributed by atoms with Gasteiger partial charge in [0, 0.05) is 24.9 Å². The molecule has 0 saturated heterocycles. The molecule has 37 heavy (non-hydrogen) atoms. The standard InChI is InChI=1S/C13H19FN2.C8H19N.C8H6.2C2H6/c1-8(2)13-10(7-15)5-11(14)6-12(13)9(3)16-4;1-4-5-8(2,3)6-7-9;1-6-7-4-2-3-5-8(6)7;2*1-2/h5-6,8,16H,3,7,15H2,1-2,4H3;4-7,9H2,1-3H3;2-5H,1H2;2*1-2H3. The van der Waals surface area contributed by atoms with E-state index in [-0.39, 0.29) is 5.82 Å². The number of benzene rings is 2. The second kappa shape index (κ2) is 19.7. The maximum Gasteiger partial charge on any atom is 0.124 e. The molecule has 0 atom stereocenters. The highest BCUT2D eigenvalue weighted by Gasteiger charge is 2.19. The zero-order valence-electron chi connectivity index (χ0n) is 25.5. The Hall–Kier alpha value is -2.43. The third-order valence-electron chi connectivity index (χ3n) is 5.92. The molecule has 2 aromatic rings. The lowest BCUT2D eigenvalue weighted by atomic mass is 9.85. The highest BCUT2D eigenvalue weighted by Crippen LogP contribution is 2.39. The monoisotopic (exact) mass is 513 g/mol. The van der Waals surface area contributed by atoms with Crippen LogP contribution in [0.1, 0.15) is 115 Å². The molecule has 3 rings (SSSR count). The van der Waals surface area contributed by atoms with Crippen LogP contribution in [0.5, 0.6) is 0 Å². The van der Waals surface area contributed by atoms with Gasteiger partial charge in [0.2, 0.25) is 0 Å². The van der Waals surface area contributed by atoms with Crippen molar-refractivity contribution in [2.24, 2.45) is 16.9 Å². The summed E-state index contributed by atoms with van der Waals surface area (Å²) in [5.74, 6) is 0.0236. The summed E-state index contributed by atoms with van der Waals surface area (Å²) in [7, 11) is 1.78. The first-order valence-electron chi connectivity index (χ1n) is 13.9. The Morgan fingerprint density at radius 3 is 1.86 bits per heavy atom. The molecular weight excluding hydrogens is 457 g/mol. The molecule has 1 aliphatic rings. The van der Waals surface area contributed by atoms with Crippen LogP contribution in [0.2, 0.25) is 0 Å². The van der Waals surface area contributed by atoms with E-state index in [4.69, 9.17) is 11.5 Å². The zero-order valence-corrected chi connectivity index (χ0v) is 25.5. The van der Waals surface area contributed by atoms with Gasteiger partial charge in [0.25, 0.3) is 0 Å². The van der Waals surface area contributed by atoms with Crippen molar-refractivity contribution in [2.45, 2.75) is 94.0 Å². The molecule has 0 fully saturated rings. The summed E-state index contributed by atoms with van der Waals surface area (Å²) in [5, 5.41) is 2.95. The van der Waals surface area contributed by atoms with E-state index in [1.165, 1.54) is 41.7 Å². The Morgan fingerprint density at radius 2 is 1.51 bits per heavy atom. The molecule has 210 valence electrons. The average Bonchev–Trinajstić information content (AvgIpc) is 3.55. The van der Waals surface area contributed by atoms with Crippen LogP contribution in [-0.4, -0.2) is 13.6 Å². The van der Waals surface area contributed by atoms with Gasteiger partial charge in [-0.2, -0.15) is 0 Å². The van der Waals surface area contributed by atoms with Crippen LogP contribution in [0.25, 0.3) is 11.3 Å². The van der Waals surface area contributed by atoms with E-state index >= 15 is 0 Å². The Kier molecular flexibility index (Phi) is 19.5. The second-order valence-electron chi connectivity index (χ2n) is 9.59. The van der Waals surface area contributed by atoms with Crippen LogP contribution < -0.4 is 16.8 Å². The van der Waals surface area contributed by atoms with E-state index in [0.29, 0.717) is 17.9 Å². The fourth-order valence-corrected chi connectivity index (χ4v) is 4.05. The lowest BCUT2D eigenvalue weighted by molar-refractivity contribution is 0.310. The number of halogens is 1. The van der Waals surface area contributed by atoms with E-state index in [1.54, 1.807) is 7.05 Å². The van der Waals surface area contributed by atoms with Crippen LogP contribution in [0.3, 0.4) is 0 Å². The summed E-state index contributed by atoms with van der Waals surface area (Å²) < 4.78 is 13.4. The molecule has 0 radical (unpaired) electrons. The van der Waals surface area contributed by atoms with Crippen LogP contribution in [0.4, 0.5) is 4.39 Å². The molecule has 2 aromatic carbocycles. The Balaban J connectivity index is 0. The van der Waals surface area contributed by atoms with Gasteiger partial charge >= 0.3 is 0 Å². The van der Waals surface area contributed by atoms with E-state index in [0.717, 1.165) is 35.4 Å². The van der Waals surface area contributed by atoms with Crippen molar-refractivity contribution in [3.8, 4) is 0 Å². The van der Waals surface area contributed by atoms with Gasteiger partial charge in [0.15, 0.2) is 0 Å². The number of fused-ring (bicyclic) bond motifs is 1. The molecule has 0 bridgehead atoms. The van der Waals surface area contributed by atoms with Crippen molar-refractivity contribution in [1.29, 1.82) is 0 Å². The van der Waals surface area contributed by atoms with E-state index in [2.05, 4.69) is 65.2 Å². The fourth-order valence-electron chi connectivity index (χ4n) is 4.05. The lowest BCUT2D eigenvalue weighted by Gasteiger charge is -2.22. The minimum Gasteiger partial charge on any atom is -0.388 e. The topological polar surface area (TPSA) is 64.1 Å². The maximum atomic E-state index is 13.4. The van der Waals surface area contributed by atoms with Crippen molar-refractivity contribution < 1.29 is 4.39 Å². The predicted octanol–water partition coefficient (Wildman–Crippen LogP) is 8.87. The minimum atomic E-state index is -0.267. The van der Waals surface area contributed by atoms with Crippen LogP contribution in [-0.2, 0) is 6.54 Å². The quantitative estimate of drug-likeness (QED) is 0.282. The maximum absolute atomic E-state index is 13.4. The largest absolute Gasteiger partial charge is 0.388 e. The molecule has 0 spiro atoms. The summed E-state index contributed by atoms with van der Waals surface area (Å²) in [6, 6.07) is 11.3. The Labute approximate surface area is 228 Å². The van der Waals surface area contributed by atoms with Crippen LogP contribution in [0.15, 0.2) is 49.6 Å². The van der Waals surface area contributed by atoms with Gasteiger partial charge in [-0.05, 0) is 70.7 Å². The van der Waals surface area contributed by atoms with Crippen molar-refractivity contribution >= 4 is 11.3 Å². The third kappa shape index (κ3) is 13.1. The molecule has 0 aliphatic heterocycles. The van der Waals surface area contributed by atoms with Gasteiger partial charge in [-0.15, -0.1) is 0 Å². The van der Waals surface area contributed by atoms with Crippen molar-refractivity contribution in [1.82, 2.24) is 5.32 Å². The van der Waals surface area contributed by atoms with Gasteiger partial charge in [0.05, 0.1) is 0 Å². The molecule has 5 N–H and O–H groups in total. The second-order valence-corrected chi connectivity index (χ2v) is 9.59.